The molecule has 1 heterocycles. The van der Waals surface area contributed by atoms with Crippen molar-refractivity contribution in [3.8, 4) is 0 Å². The Morgan fingerprint density at radius 1 is 1.47 bits per heavy atom. The van der Waals surface area contributed by atoms with E-state index in [1.54, 1.807) is 0 Å². The highest BCUT2D eigenvalue weighted by Gasteiger charge is 2.18. The molecule has 0 bridgehead atoms. The number of rotatable bonds is 5. The van der Waals surface area contributed by atoms with Crippen molar-refractivity contribution in [3.05, 3.63) is 17.5 Å². The summed E-state index contributed by atoms with van der Waals surface area (Å²) in [5, 5.41) is 4.38. The first-order valence-corrected chi connectivity index (χ1v) is 5.74. The van der Waals surface area contributed by atoms with Crippen LogP contribution in [0.15, 0.2) is 6.07 Å². The van der Waals surface area contributed by atoms with Crippen molar-refractivity contribution in [1.29, 1.82) is 0 Å². The zero-order valence-electron chi connectivity index (χ0n) is 10.1. The van der Waals surface area contributed by atoms with Gasteiger partial charge in [0, 0.05) is 12.5 Å². The smallest absolute Gasteiger partial charge is 0.183 e. The fourth-order valence-corrected chi connectivity index (χ4v) is 1.52. The van der Waals surface area contributed by atoms with Gasteiger partial charge in [-0.3, -0.25) is 9.48 Å². The van der Waals surface area contributed by atoms with Gasteiger partial charge in [0.05, 0.1) is 5.69 Å². The van der Waals surface area contributed by atoms with Gasteiger partial charge in [0.2, 0.25) is 0 Å². The fraction of sp³-hybridized carbons (Fsp3) is 0.667. The molecule has 0 aliphatic rings. The Hall–Kier alpha value is -1.12. The first-order chi connectivity index (χ1) is 7.13. The number of hydrogen-bond donors (Lipinski definition) is 0. The minimum atomic E-state index is 0.0942. The number of Topliss-reactive ketones (excluding diaryl/α,β-unsaturated/α-hetero) is 1. The Bertz CT molecular complexity index is 341. The zero-order valence-corrected chi connectivity index (χ0v) is 10.1. The van der Waals surface area contributed by atoms with Crippen molar-refractivity contribution in [2.24, 2.45) is 5.92 Å². The summed E-state index contributed by atoms with van der Waals surface area (Å²) in [6.45, 7) is 8.84. The summed E-state index contributed by atoms with van der Waals surface area (Å²) in [6.07, 6.45) is 1.77. The third kappa shape index (κ3) is 2.46. The van der Waals surface area contributed by atoms with E-state index in [0.717, 1.165) is 30.8 Å². The average Bonchev–Trinajstić information content (AvgIpc) is 2.69. The molecule has 3 heteroatoms. The highest BCUT2D eigenvalue weighted by molar-refractivity contribution is 5.96. The van der Waals surface area contributed by atoms with E-state index in [9.17, 15) is 4.79 Å². The molecule has 0 aromatic carbocycles. The molecule has 1 aromatic rings. The van der Waals surface area contributed by atoms with Gasteiger partial charge in [-0.2, -0.15) is 5.10 Å². The van der Waals surface area contributed by atoms with Gasteiger partial charge in [-0.25, -0.2) is 0 Å². The zero-order chi connectivity index (χ0) is 11.4. The van der Waals surface area contributed by atoms with Gasteiger partial charge in [-0.1, -0.05) is 20.8 Å². The summed E-state index contributed by atoms with van der Waals surface area (Å²) in [6, 6.07) is 1.93. The van der Waals surface area contributed by atoms with Gasteiger partial charge in [0.1, 0.15) is 5.69 Å². The molecular formula is C12H20N2O. The van der Waals surface area contributed by atoms with Crippen LogP contribution in [0, 0.1) is 5.92 Å². The Labute approximate surface area is 91.5 Å². The number of aromatic nitrogens is 2. The summed E-state index contributed by atoms with van der Waals surface area (Å²) in [5.74, 6) is 0.309. The van der Waals surface area contributed by atoms with E-state index in [1.807, 2.05) is 31.5 Å². The Kier molecular flexibility index (Phi) is 4.06. The molecule has 1 rings (SSSR count). The van der Waals surface area contributed by atoms with Gasteiger partial charge in [0.15, 0.2) is 5.78 Å². The van der Waals surface area contributed by atoms with Crippen LogP contribution >= 0.6 is 0 Å². The van der Waals surface area contributed by atoms with Crippen molar-refractivity contribution in [3.63, 3.8) is 0 Å². The third-order valence-electron chi connectivity index (χ3n) is 2.80. The molecular weight excluding hydrogens is 188 g/mol. The van der Waals surface area contributed by atoms with Gasteiger partial charge in [-0.15, -0.1) is 0 Å². The minimum absolute atomic E-state index is 0.0942. The second-order valence-electron chi connectivity index (χ2n) is 3.86. The highest BCUT2D eigenvalue weighted by Crippen LogP contribution is 2.13. The Balaban J connectivity index is 3.01. The molecule has 1 unspecified atom stereocenters. The van der Waals surface area contributed by atoms with Crippen LogP contribution in [0.3, 0.4) is 0 Å². The van der Waals surface area contributed by atoms with Gasteiger partial charge >= 0.3 is 0 Å². The second-order valence-corrected chi connectivity index (χ2v) is 3.86. The van der Waals surface area contributed by atoms with Crippen molar-refractivity contribution in [2.75, 3.05) is 0 Å². The molecule has 1 atom stereocenters. The molecule has 0 aliphatic heterocycles. The van der Waals surface area contributed by atoms with Crippen molar-refractivity contribution in [1.82, 2.24) is 9.78 Å². The second kappa shape index (κ2) is 5.10. The van der Waals surface area contributed by atoms with E-state index in [1.165, 1.54) is 0 Å². The SMILES string of the molecule is CCc1cc(C(=O)C(C)CC)n(CC)n1. The molecule has 84 valence electrons. The van der Waals surface area contributed by atoms with Crippen LogP contribution in [0.4, 0.5) is 0 Å². The quantitative estimate of drug-likeness (QED) is 0.697. The van der Waals surface area contributed by atoms with Crippen LogP contribution < -0.4 is 0 Å². The molecule has 0 radical (unpaired) electrons. The highest BCUT2D eigenvalue weighted by atomic mass is 16.1. The molecule has 0 aliphatic carbocycles. The van der Waals surface area contributed by atoms with Crippen LogP contribution in [0.25, 0.3) is 0 Å². The van der Waals surface area contributed by atoms with E-state index in [2.05, 4.69) is 12.0 Å². The molecule has 1 aromatic heterocycles. The topological polar surface area (TPSA) is 34.9 Å². The Morgan fingerprint density at radius 3 is 2.60 bits per heavy atom. The maximum Gasteiger partial charge on any atom is 0.183 e. The van der Waals surface area contributed by atoms with E-state index in [-0.39, 0.29) is 11.7 Å². The lowest BCUT2D eigenvalue weighted by molar-refractivity contribution is 0.0916. The molecule has 0 saturated heterocycles. The average molecular weight is 208 g/mol. The van der Waals surface area contributed by atoms with E-state index >= 15 is 0 Å². The lowest BCUT2D eigenvalue weighted by Gasteiger charge is -2.08. The molecule has 0 fully saturated rings. The Morgan fingerprint density at radius 2 is 2.13 bits per heavy atom. The van der Waals surface area contributed by atoms with Gasteiger partial charge in [-0.05, 0) is 25.8 Å². The van der Waals surface area contributed by atoms with E-state index < -0.39 is 0 Å². The van der Waals surface area contributed by atoms with E-state index in [0.29, 0.717) is 0 Å². The molecule has 0 N–H and O–H groups in total. The summed E-state index contributed by atoms with van der Waals surface area (Å²) in [5.41, 5.74) is 1.77. The number of nitrogens with zero attached hydrogens (tertiary/aromatic N) is 2. The molecule has 0 spiro atoms. The predicted molar refractivity (Wildman–Crippen MR) is 61.1 cm³/mol. The molecule has 0 saturated carbocycles. The monoisotopic (exact) mass is 208 g/mol. The maximum atomic E-state index is 12.0. The summed E-state index contributed by atoms with van der Waals surface area (Å²) >= 11 is 0. The third-order valence-corrected chi connectivity index (χ3v) is 2.80. The summed E-state index contributed by atoms with van der Waals surface area (Å²) in [4.78, 5) is 12.0. The van der Waals surface area contributed by atoms with Crippen LogP contribution in [0.2, 0.25) is 0 Å². The number of ketones is 1. The normalized spacial score (nSPS) is 12.8. The van der Waals surface area contributed by atoms with Gasteiger partial charge in [0.25, 0.3) is 0 Å². The lowest BCUT2D eigenvalue weighted by atomic mass is 10.0. The molecule has 0 amide bonds. The summed E-state index contributed by atoms with van der Waals surface area (Å²) in [7, 11) is 0. The van der Waals surface area contributed by atoms with Crippen molar-refractivity contribution >= 4 is 5.78 Å². The largest absolute Gasteiger partial charge is 0.292 e. The predicted octanol–water partition coefficient (Wildman–Crippen LogP) is 2.69. The number of hydrogen-bond acceptors (Lipinski definition) is 2. The van der Waals surface area contributed by atoms with E-state index in [4.69, 9.17) is 0 Å². The van der Waals surface area contributed by atoms with Crippen molar-refractivity contribution in [2.45, 2.75) is 47.1 Å². The van der Waals surface area contributed by atoms with Crippen LogP contribution in [0.1, 0.15) is 50.3 Å². The lowest BCUT2D eigenvalue weighted by Crippen LogP contribution is -2.15. The standard InChI is InChI=1S/C12H20N2O/c1-5-9(4)12(15)11-8-10(6-2)13-14(11)7-3/h8-9H,5-7H2,1-4H3. The van der Waals surface area contributed by atoms with Crippen molar-refractivity contribution < 1.29 is 4.79 Å². The first kappa shape index (κ1) is 12.0. The number of carbonyl (C=O) groups is 1. The molecule has 3 nitrogen and oxygen atoms in total. The first-order valence-electron chi connectivity index (χ1n) is 5.74. The van der Waals surface area contributed by atoms with Crippen LogP contribution in [-0.2, 0) is 13.0 Å². The number of aryl methyl sites for hydroxylation is 2. The fourth-order valence-electron chi connectivity index (χ4n) is 1.52. The van der Waals surface area contributed by atoms with Crippen LogP contribution in [-0.4, -0.2) is 15.6 Å². The summed E-state index contributed by atoms with van der Waals surface area (Å²) < 4.78 is 1.81. The minimum Gasteiger partial charge on any atom is -0.292 e. The number of carbonyl (C=O) groups excluding carboxylic acids is 1. The van der Waals surface area contributed by atoms with Crippen LogP contribution in [0.5, 0.6) is 0 Å². The maximum absolute atomic E-state index is 12.0. The van der Waals surface area contributed by atoms with Gasteiger partial charge < -0.3 is 0 Å². The molecule has 15 heavy (non-hydrogen) atoms.